The summed E-state index contributed by atoms with van der Waals surface area (Å²) in [4.78, 5) is 11.7. The van der Waals surface area contributed by atoms with Crippen LogP contribution in [0.4, 0.5) is 0 Å². The molecule has 0 spiro atoms. The van der Waals surface area contributed by atoms with Crippen LogP contribution in [0.3, 0.4) is 0 Å². The third-order valence-corrected chi connectivity index (χ3v) is 3.09. The molecule has 1 fully saturated rings. The Bertz CT molecular complexity index is 193. The summed E-state index contributed by atoms with van der Waals surface area (Å²) < 4.78 is 4.86. The predicted molar refractivity (Wildman–Crippen MR) is 51.4 cm³/mol. The molecule has 1 aliphatic rings. The average Bonchev–Trinajstić information content (AvgIpc) is 2.48. The minimum absolute atomic E-state index is 0.0978. The van der Waals surface area contributed by atoms with Gasteiger partial charge in [0.1, 0.15) is 5.54 Å². The number of rotatable bonds is 3. The zero-order valence-electron chi connectivity index (χ0n) is 8.72. The van der Waals surface area contributed by atoms with E-state index in [9.17, 15) is 4.79 Å². The first-order valence-corrected chi connectivity index (χ1v) is 5.00. The third kappa shape index (κ3) is 1.70. The Balaban J connectivity index is 2.79. The summed E-state index contributed by atoms with van der Waals surface area (Å²) in [5, 5.41) is 3.28. The maximum atomic E-state index is 11.7. The van der Waals surface area contributed by atoms with Crippen molar-refractivity contribution in [1.29, 1.82) is 0 Å². The van der Waals surface area contributed by atoms with Gasteiger partial charge in [-0.1, -0.05) is 20.3 Å². The molecule has 3 nitrogen and oxygen atoms in total. The number of methoxy groups -OCH3 is 1. The summed E-state index contributed by atoms with van der Waals surface area (Å²) in [5.41, 5.74) is -0.399. The molecule has 0 aromatic carbocycles. The molecule has 2 atom stereocenters. The molecule has 13 heavy (non-hydrogen) atoms. The fourth-order valence-electron chi connectivity index (χ4n) is 2.32. The Hall–Kier alpha value is -0.570. The fraction of sp³-hybridized carbons (Fsp3) is 0.900. The van der Waals surface area contributed by atoms with Crippen molar-refractivity contribution in [2.45, 2.75) is 38.6 Å². The van der Waals surface area contributed by atoms with Crippen LogP contribution >= 0.6 is 0 Å². The highest BCUT2D eigenvalue weighted by molar-refractivity contribution is 5.81. The van der Waals surface area contributed by atoms with Crippen LogP contribution in [0.2, 0.25) is 0 Å². The molecule has 1 saturated carbocycles. The second-order valence-corrected chi connectivity index (χ2v) is 3.79. The summed E-state index contributed by atoms with van der Waals surface area (Å²) in [7, 11) is 1.46. The number of carbonyl (C=O) groups excluding carboxylic acids is 1. The Labute approximate surface area is 79.8 Å². The van der Waals surface area contributed by atoms with E-state index in [1.54, 1.807) is 0 Å². The molecule has 1 aliphatic carbocycles. The van der Waals surface area contributed by atoms with Crippen molar-refractivity contribution < 1.29 is 9.53 Å². The van der Waals surface area contributed by atoms with E-state index in [0.717, 1.165) is 25.8 Å². The van der Waals surface area contributed by atoms with Crippen LogP contribution in [-0.2, 0) is 9.53 Å². The number of esters is 1. The molecule has 0 aromatic rings. The van der Waals surface area contributed by atoms with E-state index >= 15 is 0 Å². The van der Waals surface area contributed by atoms with Crippen molar-refractivity contribution >= 4 is 5.97 Å². The van der Waals surface area contributed by atoms with E-state index in [2.05, 4.69) is 12.2 Å². The second-order valence-electron chi connectivity index (χ2n) is 3.79. The molecule has 0 amide bonds. The molecule has 0 aromatic heterocycles. The molecule has 0 saturated heterocycles. The van der Waals surface area contributed by atoms with Gasteiger partial charge in [-0.25, -0.2) is 0 Å². The Morgan fingerprint density at radius 3 is 2.77 bits per heavy atom. The van der Waals surface area contributed by atoms with Gasteiger partial charge in [0.15, 0.2) is 0 Å². The van der Waals surface area contributed by atoms with Gasteiger partial charge < -0.3 is 10.1 Å². The molecule has 0 bridgehead atoms. The lowest BCUT2D eigenvalue weighted by Crippen LogP contribution is -2.54. The van der Waals surface area contributed by atoms with E-state index in [4.69, 9.17) is 4.74 Å². The van der Waals surface area contributed by atoms with E-state index in [1.165, 1.54) is 7.11 Å². The smallest absolute Gasteiger partial charge is 0.326 e. The van der Waals surface area contributed by atoms with Crippen LogP contribution in [0.5, 0.6) is 0 Å². The lowest BCUT2D eigenvalue weighted by atomic mass is 9.88. The maximum absolute atomic E-state index is 11.7. The van der Waals surface area contributed by atoms with Gasteiger partial charge in [-0.15, -0.1) is 0 Å². The van der Waals surface area contributed by atoms with Crippen molar-refractivity contribution in [3.05, 3.63) is 0 Å². The number of nitrogens with one attached hydrogen (secondary N) is 1. The molecule has 1 N–H and O–H groups in total. The van der Waals surface area contributed by atoms with Gasteiger partial charge in [-0.3, -0.25) is 4.79 Å². The highest BCUT2D eigenvalue weighted by Crippen LogP contribution is 2.36. The summed E-state index contributed by atoms with van der Waals surface area (Å²) in [6.45, 7) is 4.96. The van der Waals surface area contributed by atoms with Crippen LogP contribution in [0.15, 0.2) is 0 Å². The van der Waals surface area contributed by atoms with Crippen molar-refractivity contribution in [3.8, 4) is 0 Å². The Morgan fingerprint density at radius 2 is 2.38 bits per heavy atom. The summed E-state index contributed by atoms with van der Waals surface area (Å²) in [5.74, 6) is 0.291. The monoisotopic (exact) mass is 185 g/mol. The summed E-state index contributed by atoms with van der Waals surface area (Å²) >= 11 is 0. The molecule has 76 valence electrons. The zero-order chi connectivity index (χ0) is 9.90. The Kier molecular flexibility index (Phi) is 3.31. The molecular weight excluding hydrogens is 166 g/mol. The van der Waals surface area contributed by atoms with Gasteiger partial charge in [0.2, 0.25) is 0 Å². The SMILES string of the molecule is CCNC1(C(=O)OC)CCCC1C. The van der Waals surface area contributed by atoms with E-state index in [-0.39, 0.29) is 5.97 Å². The van der Waals surface area contributed by atoms with Crippen LogP contribution in [0, 0.1) is 5.92 Å². The lowest BCUT2D eigenvalue weighted by Gasteiger charge is -2.31. The molecule has 3 heteroatoms. The first-order valence-electron chi connectivity index (χ1n) is 5.00. The number of likely N-dealkylation sites (N-methyl/N-ethyl adjacent to an activating group) is 1. The van der Waals surface area contributed by atoms with Crippen LogP contribution < -0.4 is 5.32 Å². The zero-order valence-corrected chi connectivity index (χ0v) is 8.72. The number of ether oxygens (including phenoxy) is 1. The van der Waals surface area contributed by atoms with Crippen molar-refractivity contribution in [2.75, 3.05) is 13.7 Å². The van der Waals surface area contributed by atoms with Gasteiger partial charge in [-0.05, 0) is 25.3 Å². The maximum Gasteiger partial charge on any atom is 0.326 e. The fourth-order valence-corrected chi connectivity index (χ4v) is 2.32. The van der Waals surface area contributed by atoms with Gasteiger partial charge >= 0.3 is 5.97 Å². The van der Waals surface area contributed by atoms with Gasteiger partial charge in [0.25, 0.3) is 0 Å². The minimum atomic E-state index is -0.399. The first-order chi connectivity index (χ1) is 6.17. The topological polar surface area (TPSA) is 38.3 Å². The summed E-state index contributed by atoms with van der Waals surface area (Å²) in [6, 6.07) is 0. The van der Waals surface area contributed by atoms with Crippen molar-refractivity contribution in [3.63, 3.8) is 0 Å². The molecule has 0 heterocycles. The highest BCUT2D eigenvalue weighted by Gasteiger charge is 2.46. The molecule has 0 aliphatic heterocycles. The van der Waals surface area contributed by atoms with Crippen molar-refractivity contribution in [2.24, 2.45) is 5.92 Å². The molecule has 0 radical (unpaired) electrons. The number of hydrogen-bond donors (Lipinski definition) is 1. The number of hydrogen-bond acceptors (Lipinski definition) is 3. The first kappa shape index (κ1) is 10.5. The van der Waals surface area contributed by atoms with Crippen molar-refractivity contribution in [1.82, 2.24) is 5.32 Å². The molecular formula is C10H19NO2. The Morgan fingerprint density at radius 1 is 1.69 bits per heavy atom. The lowest BCUT2D eigenvalue weighted by molar-refractivity contribution is -0.150. The van der Waals surface area contributed by atoms with E-state index in [0.29, 0.717) is 5.92 Å². The normalized spacial score (nSPS) is 33.3. The highest BCUT2D eigenvalue weighted by atomic mass is 16.5. The van der Waals surface area contributed by atoms with E-state index < -0.39 is 5.54 Å². The second kappa shape index (κ2) is 4.09. The van der Waals surface area contributed by atoms with Crippen LogP contribution in [-0.4, -0.2) is 25.2 Å². The van der Waals surface area contributed by atoms with Gasteiger partial charge in [0.05, 0.1) is 7.11 Å². The number of carbonyl (C=O) groups is 1. The predicted octanol–water partition coefficient (Wildman–Crippen LogP) is 1.33. The quantitative estimate of drug-likeness (QED) is 0.674. The average molecular weight is 185 g/mol. The molecule has 1 rings (SSSR count). The largest absolute Gasteiger partial charge is 0.468 e. The minimum Gasteiger partial charge on any atom is -0.468 e. The van der Waals surface area contributed by atoms with Crippen LogP contribution in [0.25, 0.3) is 0 Å². The van der Waals surface area contributed by atoms with Crippen LogP contribution in [0.1, 0.15) is 33.1 Å². The summed E-state index contributed by atoms with van der Waals surface area (Å²) in [6.07, 6.45) is 3.14. The van der Waals surface area contributed by atoms with Gasteiger partial charge in [-0.2, -0.15) is 0 Å². The van der Waals surface area contributed by atoms with E-state index in [1.807, 2.05) is 6.92 Å². The van der Waals surface area contributed by atoms with Gasteiger partial charge in [0, 0.05) is 0 Å². The third-order valence-electron chi connectivity index (χ3n) is 3.09. The molecule has 2 unspecified atom stereocenters. The standard InChI is InChI=1S/C10H19NO2/c1-4-11-10(9(12)13-3)7-5-6-8(10)2/h8,11H,4-7H2,1-3H3.